The van der Waals surface area contributed by atoms with E-state index in [1.54, 1.807) is 28.9 Å². The molecule has 2 amide bonds. The minimum atomic E-state index is -0.595. The van der Waals surface area contributed by atoms with Crippen molar-refractivity contribution in [3.63, 3.8) is 0 Å². The molecule has 0 unspecified atom stereocenters. The molecule has 9 heteroatoms. The summed E-state index contributed by atoms with van der Waals surface area (Å²) < 4.78 is 12.5. The van der Waals surface area contributed by atoms with Crippen molar-refractivity contribution in [1.29, 1.82) is 0 Å². The topological polar surface area (TPSA) is 94.5 Å². The summed E-state index contributed by atoms with van der Waals surface area (Å²) >= 11 is 3.40. The highest BCUT2D eigenvalue weighted by Crippen LogP contribution is 2.20. The van der Waals surface area contributed by atoms with Gasteiger partial charge in [-0.25, -0.2) is 9.48 Å². The van der Waals surface area contributed by atoms with Crippen LogP contribution < -0.4 is 10.6 Å². The molecular formula is C21H21BrN4O4. The smallest absolute Gasteiger partial charge is 0.411 e. The lowest BCUT2D eigenvalue weighted by Crippen LogP contribution is -2.17. The highest BCUT2D eigenvalue weighted by atomic mass is 79.9. The standard InChI is InChI=1S/C21H21BrN4O4/c1-14-19(13-23-26(14)18-8-6-15(22)7-9-18)20(27)24-16-4-3-5-17(12-16)25-21(28)30-11-10-29-2/h3-9,12-13H,10-11H2,1-2H3,(H,24,27)(H,25,28). The maximum Gasteiger partial charge on any atom is 0.411 e. The Balaban J connectivity index is 1.68. The van der Waals surface area contributed by atoms with E-state index in [9.17, 15) is 9.59 Å². The Morgan fingerprint density at radius 3 is 2.47 bits per heavy atom. The first kappa shape index (κ1) is 21.5. The van der Waals surface area contributed by atoms with Gasteiger partial charge in [0.1, 0.15) is 6.61 Å². The molecule has 2 N–H and O–H groups in total. The molecule has 3 rings (SSSR count). The molecule has 1 heterocycles. The molecule has 0 aliphatic carbocycles. The number of hydrogen-bond acceptors (Lipinski definition) is 5. The van der Waals surface area contributed by atoms with E-state index in [-0.39, 0.29) is 12.5 Å². The maximum absolute atomic E-state index is 12.7. The van der Waals surface area contributed by atoms with Crippen molar-refractivity contribution in [2.75, 3.05) is 31.0 Å². The number of carbonyl (C=O) groups excluding carboxylic acids is 2. The summed E-state index contributed by atoms with van der Waals surface area (Å²) in [5, 5.41) is 9.76. The molecule has 8 nitrogen and oxygen atoms in total. The average Bonchev–Trinajstić information content (AvgIpc) is 3.10. The first-order chi connectivity index (χ1) is 14.5. The lowest BCUT2D eigenvalue weighted by Gasteiger charge is -2.09. The van der Waals surface area contributed by atoms with E-state index in [2.05, 4.69) is 31.7 Å². The number of halogens is 1. The fourth-order valence-electron chi connectivity index (χ4n) is 2.72. The van der Waals surface area contributed by atoms with Gasteiger partial charge >= 0.3 is 6.09 Å². The molecule has 0 saturated carbocycles. The fraction of sp³-hybridized carbons (Fsp3) is 0.190. The molecule has 0 radical (unpaired) electrons. The second kappa shape index (κ2) is 10.0. The van der Waals surface area contributed by atoms with Crippen LogP contribution in [-0.2, 0) is 9.47 Å². The third-order valence-corrected chi connectivity index (χ3v) is 4.74. The zero-order valence-electron chi connectivity index (χ0n) is 16.5. The number of ether oxygens (including phenoxy) is 2. The van der Waals surface area contributed by atoms with Gasteiger partial charge < -0.3 is 14.8 Å². The Morgan fingerprint density at radius 2 is 1.77 bits per heavy atom. The first-order valence-corrected chi connectivity index (χ1v) is 9.92. The minimum Gasteiger partial charge on any atom is -0.447 e. The van der Waals surface area contributed by atoms with Gasteiger partial charge in [0.2, 0.25) is 0 Å². The number of carbonyl (C=O) groups is 2. The molecule has 3 aromatic rings. The van der Waals surface area contributed by atoms with Crippen LogP contribution in [-0.4, -0.2) is 42.1 Å². The number of anilines is 2. The Labute approximate surface area is 182 Å². The Kier molecular flexibility index (Phi) is 7.21. The molecule has 30 heavy (non-hydrogen) atoms. The molecule has 0 spiro atoms. The second-order valence-corrected chi connectivity index (χ2v) is 7.24. The van der Waals surface area contributed by atoms with E-state index >= 15 is 0 Å². The molecule has 0 aliphatic heterocycles. The second-order valence-electron chi connectivity index (χ2n) is 6.32. The van der Waals surface area contributed by atoms with Crippen LogP contribution in [0.15, 0.2) is 59.2 Å². The SMILES string of the molecule is COCCOC(=O)Nc1cccc(NC(=O)c2cnn(-c3ccc(Br)cc3)c2C)c1. The molecule has 0 fully saturated rings. The maximum atomic E-state index is 12.7. The van der Waals surface area contributed by atoms with Crippen LogP contribution in [0.5, 0.6) is 0 Å². The number of aromatic nitrogens is 2. The van der Waals surface area contributed by atoms with Crippen LogP contribution in [0.2, 0.25) is 0 Å². The summed E-state index contributed by atoms with van der Waals surface area (Å²) in [4.78, 5) is 24.5. The van der Waals surface area contributed by atoms with Gasteiger partial charge in [-0.3, -0.25) is 10.1 Å². The monoisotopic (exact) mass is 472 g/mol. The van der Waals surface area contributed by atoms with Crippen LogP contribution in [0.3, 0.4) is 0 Å². The molecule has 0 bridgehead atoms. The van der Waals surface area contributed by atoms with Gasteiger partial charge in [0.25, 0.3) is 5.91 Å². The third kappa shape index (κ3) is 5.46. The predicted octanol–water partition coefficient (Wildman–Crippen LogP) is 4.39. The molecule has 0 aliphatic rings. The normalized spacial score (nSPS) is 10.5. The van der Waals surface area contributed by atoms with Gasteiger partial charge in [-0.1, -0.05) is 22.0 Å². The highest BCUT2D eigenvalue weighted by Gasteiger charge is 2.16. The molecule has 156 valence electrons. The van der Waals surface area contributed by atoms with E-state index in [1.165, 1.54) is 13.3 Å². The Morgan fingerprint density at radius 1 is 1.07 bits per heavy atom. The number of methoxy groups -OCH3 is 1. The van der Waals surface area contributed by atoms with Crippen LogP contribution in [0.4, 0.5) is 16.2 Å². The fourth-order valence-corrected chi connectivity index (χ4v) is 2.98. The quantitative estimate of drug-likeness (QED) is 0.497. The van der Waals surface area contributed by atoms with Crippen molar-refractivity contribution in [2.24, 2.45) is 0 Å². The number of nitrogens with zero attached hydrogens (tertiary/aromatic N) is 2. The van der Waals surface area contributed by atoms with E-state index in [0.29, 0.717) is 29.2 Å². The van der Waals surface area contributed by atoms with E-state index in [4.69, 9.17) is 9.47 Å². The molecular weight excluding hydrogens is 452 g/mol. The summed E-state index contributed by atoms with van der Waals surface area (Å²) in [7, 11) is 1.53. The predicted molar refractivity (Wildman–Crippen MR) is 117 cm³/mol. The van der Waals surface area contributed by atoms with Gasteiger partial charge in [-0.15, -0.1) is 0 Å². The summed E-state index contributed by atoms with van der Waals surface area (Å²) in [6.07, 6.45) is 0.935. The number of nitrogens with one attached hydrogen (secondary N) is 2. The third-order valence-electron chi connectivity index (χ3n) is 4.21. The lowest BCUT2D eigenvalue weighted by molar-refractivity contribution is 0.102. The highest BCUT2D eigenvalue weighted by molar-refractivity contribution is 9.10. The number of benzene rings is 2. The summed E-state index contributed by atoms with van der Waals surface area (Å²) in [6, 6.07) is 14.4. The lowest BCUT2D eigenvalue weighted by atomic mass is 10.2. The van der Waals surface area contributed by atoms with Crippen molar-refractivity contribution in [3.8, 4) is 5.69 Å². The van der Waals surface area contributed by atoms with Crippen molar-refractivity contribution in [1.82, 2.24) is 9.78 Å². The van der Waals surface area contributed by atoms with E-state index in [0.717, 1.165) is 10.2 Å². The molecule has 0 saturated heterocycles. The largest absolute Gasteiger partial charge is 0.447 e. The van der Waals surface area contributed by atoms with Gasteiger partial charge in [0.05, 0.1) is 29.7 Å². The average molecular weight is 473 g/mol. The summed E-state index contributed by atoms with van der Waals surface area (Å²) in [5.74, 6) is -0.296. The van der Waals surface area contributed by atoms with Crippen molar-refractivity contribution in [3.05, 3.63) is 70.5 Å². The Bertz CT molecular complexity index is 1030. The van der Waals surface area contributed by atoms with Crippen molar-refractivity contribution >= 4 is 39.3 Å². The van der Waals surface area contributed by atoms with Crippen LogP contribution in [0, 0.1) is 6.92 Å². The van der Waals surface area contributed by atoms with Crippen LogP contribution >= 0.6 is 15.9 Å². The van der Waals surface area contributed by atoms with Gasteiger partial charge in [-0.05, 0) is 49.4 Å². The van der Waals surface area contributed by atoms with Crippen LogP contribution in [0.25, 0.3) is 5.69 Å². The molecule has 2 aromatic carbocycles. The molecule has 1 aromatic heterocycles. The van der Waals surface area contributed by atoms with Gasteiger partial charge in [0.15, 0.2) is 0 Å². The summed E-state index contributed by atoms with van der Waals surface area (Å²) in [6.45, 7) is 2.30. The zero-order chi connectivity index (χ0) is 21.5. The molecule has 0 atom stereocenters. The minimum absolute atomic E-state index is 0.153. The summed E-state index contributed by atoms with van der Waals surface area (Å²) in [5.41, 5.74) is 3.05. The number of amides is 2. The van der Waals surface area contributed by atoms with E-state index in [1.807, 2.05) is 31.2 Å². The zero-order valence-corrected chi connectivity index (χ0v) is 18.1. The van der Waals surface area contributed by atoms with Gasteiger partial charge in [-0.2, -0.15) is 5.10 Å². The first-order valence-electron chi connectivity index (χ1n) is 9.12. The van der Waals surface area contributed by atoms with Crippen molar-refractivity contribution < 1.29 is 19.1 Å². The van der Waals surface area contributed by atoms with Crippen molar-refractivity contribution in [2.45, 2.75) is 6.92 Å². The van der Waals surface area contributed by atoms with E-state index < -0.39 is 6.09 Å². The van der Waals surface area contributed by atoms with Crippen LogP contribution in [0.1, 0.15) is 16.1 Å². The number of rotatable bonds is 7. The Hall–Kier alpha value is -3.17. The van der Waals surface area contributed by atoms with Gasteiger partial charge in [0, 0.05) is 23.0 Å². The number of hydrogen-bond donors (Lipinski definition) is 2.